The maximum Gasteiger partial charge on any atom is 0.336 e. The molecule has 2 aromatic heterocycles. The van der Waals surface area contributed by atoms with E-state index in [1.165, 1.54) is 6.07 Å². The van der Waals surface area contributed by atoms with Crippen LogP contribution in [0.3, 0.4) is 0 Å². The Balaban J connectivity index is 1.31. The molecule has 0 radical (unpaired) electrons. The van der Waals surface area contributed by atoms with E-state index in [0.717, 1.165) is 56.8 Å². The van der Waals surface area contributed by atoms with E-state index >= 15 is 0 Å². The highest BCUT2D eigenvalue weighted by molar-refractivity contribution is 6.05. The van der Waals surface area contributed by atoms with Gasteiger partial charge in [0.2, 0.25) is 0 Å². The Kier molecular flexibility index (Phi) is 8.90. The molecule has 1 N–H and O–H groups in total. The Morgan fingerprint density at radius 2 is 1.59 bits per heavy atom. The topological polar surface area (TPSA) is 98.8 Å². The molecule has 0 aliphatic carbocycles. The molecule has 0 spiro atoms. The molecule has 2 heterocycles. The van der Waals surface area contributed by atoms with Crippen molar-refractivity contribution < 1.29 is 23.2 Å². The van der Waals surface area contributed by atoms with E-state index in [1.54, 1.807) is 24.3 Å². The molecule has 3 rings (SSSR count). The van der Waals surface area contributed by atoms with Crippen molar-refractivity contribution in [1.82, 2.24) is 5.32 Å². The third-order valence-corrected chi connectivity index (χ3v) is 5.41. The van der Waals surface area contributed by atoms with Gasteiger partial charge in [-0.2, -0.15) is 0 Å². The molecule has 1 aromatic carbocycles. The Morgan fingerprint density at radius 1 is 0.906 bits per heavy atom. The molecule has 0 unspecified atom stereocenters. The van der Waals surface area contributed by atoms with Crippen molar-refractivity contribution in [3.8, 4) is 0 Å². The first kappa shape index (κ1) is 23.6. The van der Waals surface area contributed by atoms with Crippen LogP contribution in [-0.4, -0.2) is 25.0 Å². The summed E-state index contributed by atoms with van der Waals surface area (Å²) in [6.07, 6.45) is 9.03. The van der Waals surface area contributed by atoms with Crippen LogP contribution in [0.2, 0.25) is 0 Å². The van der Waals surface area contributed by atoms with Gasteiger partial charge in [0.05, 0.1) is 12.0 Å². The molecule has 32 heavy (non-hydrogen) atoms. The first-order valence-corrected chi connectivity index (χ1v) is 11.5. The fraction of sp³-hybridized carbons (Fsp3) is 0.480. The van der Waals surface area contributed by atoms with Crippen LogP contribution in [0.25, 0.3) is 21.9 Å². The minimum Gasteiger partial charge on any atom is -0.466 e. The van der Waals surface area contributed by atoms with Crippen molar-refractivity contribution in [3.63, 3.8) is 0 Å². The first-order valence-electron chi connectivity index (χ1n) is 11.5. The van der Waals surface area contributed by atoms with E-state index in [0.29, 0.717) is 36.1 Å². The third-order valence-electron chi connectivity index (χ3n) is 5.41. The molecular formula is C25H31NO6. The Bertz CT molecular complexity index is 1100. The highest BCUT2D eigenvalue weighted by Gasteiger charge is 2.15. The zero-order valence-electron chi connectivity index (χ0n) is 18.6. The predicted octanol–water partition coefficient (Wildman–Crippen LogP) is 5.34. The smallest absolute Gasteiger partial charge is 0.336 e. The second kappa shape index (κ2) is 12.1. The van der Waals surface area contributed by atoms with Crippen LogP contribution in [0.4, 0.5) is 0 Å². The highest BCUT2D eigenvalue weighted by Crippen LogP contribution is 2.27. The largest absolute Gasteiger partial charge is 0.466 e. The van der Waals surface area contributed by atoms with Crippen LogP contribution >= 0.6 is 0 Å². The van der Waals surface area contributed by atoms with Gasteiger partial charge in [-0.05, 0) is 38.0 Å². The maximum atomic E-state index is 12.4. The van der Waals surface area contributed by atoms with Gasteiger partial charge < -0.3 is 18.9 Å². The fourth-order valence-corrected chi connectivity index (χ4v) is 3.73. The highest BCUT2D eigenvalue weighted by atomic mass is 16.5. The molecule has 0 bridgehead atoms. The number of amides is 1. The molecule has 0 saturated carbocycles. The molecule has 7 heteroatoms. The number of furan rings is 1. The van der Waals surface area contributed by atoms with Crippen molar-refractivity contribution in [3.05, 3.63) is 46.5 Å². The number of esters is 1. The van der Waals surface area contributed by atoms with E-state index in [9.17, 15) is 14.4 Å². The lowest BCUT2D eigenvalue weighted by Crippen LogP contribution is -2.23. The summed E-state index contributed by atoms with van der Waals surface area (Å²) in [5, 5.41) is 4.29. The summed E-state index contributed by atoms with van der Waals surface area (Å²) in [7, 11) is 0. The number of carbonyl (C=O) groups is 2. The van der Waals surface area contributed by atoms with Crippen LogP contribution in [0.15, 0.2) is 44.0 Å². The number of ether oxygens (including phenoxy) is 1. The zero-order valence-corrected chi connectivity index (χ0v) is 18.6. The lowest BCUT2D eigenvalue weighted by atomic mass is 10.1. The lowest BCUT2D eigenvalue weighted by Gasteiger charge is -2.04. The van der Waals surface area contributed by atoms with Crippen molar-refractivity contribution in [2.24, 2.45) is 0 Å². The number of carbonyl (C=O) groups excluding carboxylic acids is 2. The van der Waals surface area contributed by atoms with E-state index in [-0.39, 0.29) is 17.6 Å². The van der Waals surface area contributed by atoms with E-state index < -0.39 is 5.63 Å². The molecule has 0 aliphatic heterocycles. The molecule has 0 fully saturated rings. The number of benzene rings is 1. The molecule has 3 aromatic rings. The van der Waals surface area contributed by atoms with Crippen molar-refractivity contribution in [2.45, 2.75) is 64.7 Å². The number of rotatable bonds is 13. The van der Waals surface area contributed by atoms with Crippen LogP contribution in [0.5, 0.6) is 0 Å². The quantitative estimate of drug-likeness (QED) is 0.218. The average Bonchev–Trinajstić information content (AvgIpc) is 3.22. The van der Waals surface area contributed by atoms with Gasteiger partial charge in [0.1, 0.15) is 11.2 Å². The minimum atomic E-state index is -0.436. The Morgan fingerprint density at radius 3 is 2.34 bits per heavy atom. The van der Waals surface area contributed by atoms with Crippen molar-refractivity contribution in [2.75, 3.05) is 13.2 Å². The van der Waals surface area contributed by atoms with Crippen molar-refractivity contribution in [1.29, 1.82) is 0 Å². The monoisotopic (exact) mass is 441 g/mol. The first-order chi connectivity index (χ1) is 15.6. The fourth-order valence-electron chi connectivity index (χ4n) is 3.73. The third kappa shape index (κ3) is 6.70. The zero-order chi connectivity index (χ0) is 22.8. The van der Waals surface area contributed by atoms with E-state index in [1.807, 2.05) is 6.92 Å². The SMILES string of the molecule is CCOC(=O)CCCCCCCCCCNC(=O)c1cc2c(ccc3ccc(=O)oc32)o1. The molecule has 0 aliphatic rings. The van der Waals surface area contributed by atoms with Crippen molar-refractivity contribution >= 4 is 33.8 Å². The van der Waals surface area contributed by atoms with Crippen LogP contribution in [0, 0.1) is 0 Å². The molecule has 7 nitrogen and oxygen atoms in total. The summed E-state index contributed by atoms with van der Waals surface area (Å²) < 4.78 is 15.8. The standard InChI is InChI=1S/C25H31NO6/c1-2-30-22(27)11-9-7-5-3-4-6-8-10-16-26-25(29)21-17-19-20(31-21)14-12-18-13-15-23(28)32-24(18)19/h12-15,17H,2-11,16H2,1H3,(H,26,29). The van der Waals surface area contributed by atoms with Gasteiger partial charge in [-0.15, -0.1) is 0 Å². The van der Waals surface area contributed by atoms with Gasteiger partial charge in [-0.3, -0.25) is 9.59 Å². The van der Waals surface area contributed by atoms with Gasteiger partial charge >= 0.3 is 11.6 Å². The Labute approximate surface area is 187 Å². The average molecular weight is 442 g/mol. The second-order valence-electron chi connectivity index (χ2n) is 7.90. The Hall–Kier alpha value is -3.09. The predicted molar refractivity (Wildman–Crippen MR) is 123 cm³/mol. The summed E-state index contributed by atoms with van der Waals surface area (Å²) in [6, 6.07) is 8.25. The van der Waals surface area contributed by atoms with Gasteiger partial charge in [-0.25, -0.2) is 4.79 Å². The number of hydrogen-bond donors (Lipinski definition) is 1. The second-order valence-corrected chi connectivity index (χ2v) is 7.90. The van der Waals surface area contributed by atoms with Gasteiger partial charge in [0, 0.05) is 30.5 Å². The number of hydrogen-bond acceptors (Lipinski definition) is 6. The molecule has 0 saturated heterocycles. The lowest BCUT2D eigenvalue weighted by molar-refractivity contribution is -0.143. The number of fused-ring (bicyclic) bond motifs is 3. The number of unbranched alkanes of at least 4 members (excludes halogenated alkanes) is 7. The summed E-state index contributed by atoms with van der Waals surface area (Å²) in [6.45, 7) is 2.87. The van der Waals surface area contributed by atoms with Gasteiger partial charge in [0.15, 0.2) is 5.76 Å². The van der Waals surface area contributed by atoms with Crippen LogP contribution < -0.4 is 10.9 Å². The summed E-state index contributed by atoms with van der Waals surface area (Å²) in [5.41, 5.74) is 0.506. The summed E-state index contributed by atoms with van der Waals surface area (Å²) >= 11 is 0. The normalized spacial score (nSPS) is 11.2. The van der Waals surface area contributed by atoms with Crippen LogP contribution in [-0.2, 0) is 9.53 Å². The van der Waals surface area contributed by atoms with E-state index in [2.05, 4.69) is 5.32 Å². The van der Waals surface area contributed by atoms with E-state index in [4.69, 9.17) is 13.6 Å². The molecule has 172 valence electrons. The maximum absolute atomic E-state index is 12.4. The molecule has 1 amide bonds. The summed E-state index contributed by atoms with van der Waals surface area (Å²) in [5.74, 6) is -0.159. The number of nitrogens with one attached hydrogen (secondary N) is 1. The summed E-state index contributed by atoms with van der Waals surface area (Å²) in [4.78, 5) is 35.2. The molecular weight excluding hydrogens is 410 g/mol. The minimum absolute atomic E-state index is 0.0999. The van der Waals surface area contributed by atoms with Crippen LogP contribution in [0.1, 0.15) is 75.3 Å². The van der Waals surface area contributed by atoms with Gasteiger partial charge in [0.25, 0.3) is 5.91 Å². The van der Waals surface area contributed by atoms with Gasteiger partial charge in [-0.1, -0.05) is 38.5 Å². The molecule has 0 atom stereocenters.